The maximum Gasteiger partial charge on any atom is 0.0775 e. The van der Waals surface area contributed by atoms with Crippen molar-refractivity contribution in [2.24, 2.45) is 5.92 Å². The van der Waals surface area contributed by atoms with E-state index in [4.69, 9.17) is 4.74 Å². The van der Waals surface area contributed by atoms with Crippen LogP contribution in [0.2, 0.25) is 0 Å². The zero-order valence-electron chi connectivity index (χ0n) is 12.5. The molecule has 0 aliphatic heterocycles. The highest BCUT2D eigenvalue weighted by atomic mass is 127. The van der Waals surface area contributed by atoms with Crippen LogP contribution in [-0.4, -0.2) is 16.1 Å². The van der Waals surface area contributed by atoms with Crippen molar-refractivity contribution >= 4 is 22.6 Å². The predicted octanol–water partition coefficient (Wildman–Crippen LogP) is 5.75. The van der Waals surface area contributed by atoms with Crippen LogP contribution in [0.3, 0.4) is 0 Å². The van der Waals surface area contributed by atoms with Gasteiger partial charge < -0.3 is 4.74 Å². The third kappa shape index (κ3) is 5.77. The molecule has 1 atom stereocenters. The molecule has 0 radical (unpaired) electrons. The molecular formula is C16H31IO. The molecule has 0 spiro atoms. The summed E-state index contributed by atoms with van der Waals surface area (Å²) in [6.07, 6.45) is 12.4. The van der Waals surface area contributed by atoms with Gasteiger partial charge in [0.2, 0.25) is 0 Å². The molecule has 0 bridgehead atoms. The fraction of sp³-hybridized carbons (Fsp3) is 1.00. The highest BCUT2D eigenvalue weighted by Gasteiger charge is 2.35. The Balaban J connectivity index is 2.28. The fourth-order valence-corrected chi connectivity index (χ4v) is 3.86. The maximum atomic E-state index is 6.45. The second-order valence-corrected chi connectivity index (χ2v) is 7.04. The molecule has 1 fully saturated rings. The molecule has 2 heteroatoms. The summed E-state index contributed by atoms with van der Waals surface area (Å²) >= 11 is 2.53. The number of hydrogen-bond acceptors (Lipinski definition) is 1. The van der Waals surface area contributed by atoms with E-state index in [1.165, 1.54) is 57.8 Å². The third-order valence-corrected chi connectivity index (χ3v) is 5.73. The molecule has 108 valence electrons. The Labute approximate surface area is 128 Å². The smallest absolute Gasteiger partial charge is 0.0775 e. The number of hydrogen-bond donors (Lipinski definition) is 0. The van der Waals surface area contributed by atoms with Crippen LogP contribution in [0.4, 0.5) is 0 Å². The Morgan fingerprint density at radius 3 is 2.44 bits per heavy atom. The van der Waals surface area contributed by atoms with Crippen LogP contribution in [0.25, 0.3) is 0 Å². The minimum atomic E-state index is 0.206. The highest BCUT2D eigenvalue weighted by Crippen LogP contribution is 2.37. The summed E-state index contributed by atoms with van der Waals surface area (Å²) in [6.45, 7) is 6.93. The fourth-order valence-electron chi connectivity index (χ4n) is 2.92. The standard InChI is InChI=1S/C16H31IO/c1-4-5-6-7-8-15(3)18-16(13-17)11-9-14(2)10-12-16/h14-15H,4-13H2,1-3H3. The van der Waals surface area contributed by atoms with E-state index in [1.54, 1.807) is 0 Å². The molecule has 1 aliphatic carbocycles. The summed E-state index contributed by atoms with van der Waals surface area (Å²) in [7, 11) is 0. The van der Waals surface area contributed by atoms with Crippen molar-refractivity contribution in [1.82, 2.24) is 0 Å². The average molecular weight is 366 g/mol. The molecule has 1 aliphatic rings. The second kappa shape index (κ2) is 8.78. The first-order chi connectivity index (χ1) is 8.62. The average Bonchev–Trinajstić information content (AvgIpc) is 2.38. The molecular weight excluding hydrogens is 335 g/mol. The van der Waals surface area contributed by atoms with E-state index < -0.39 is 0 Å². The van der Waals surface area contributed by atoms with Crippen molar-refractivity contribution in [3.8, 4) is 0 Å². The Morgan fingerprint density at radius 2 is 1.89 bits per heavy atom. The van der Waals surface area contributed by atoms with Crippen molar-refractivity contribution < 1.29 is 4.74 Å². The van der Waals surface area contributed by atoms with Gasteiger partial charge in [-0.25, -0.2) is 0 Å². The molecule has 0 saturated heterocycles. The lowest BCUT2D eigenvalue weighted by atomic mass is 9.80. The predicted molar refractivity (Wildman–Crippen MR) is 88.6 cm³/mol. The van der Waals surface area contributed by atoms with Crippen LogP contribution in [0.5, 0.6) is 0 Å². The second-order valence-electron chi connectivity index (χ2n) is 6.28. The first-order valence-electron chi connectivity index (χ1n) is 7.85. The van der Waals surface area contributed by atoms with Crippen molar-refractivity contribution in [1.29, 1.82) is 0 Å². The Hall–Kier alpha value is 0.690. The summed E-state index contributed by atoms with van der Waals surface area (Å²) in [5.41, 5.74) is 0.206. The minimum Gasteiger partial charge on any atom is -0.371 e. The SMILES string of the molecule is CCCCCCC(C)OC1(CI)CCC(C)CC1. The van der Waals surface area contributed by atoms with Gasteiger partial charge >= 0.3 is 0 Å². The summed E-state index contributed by atoms with van der Waals surface area (Å²) < 4.78 is 7.61. The Morgan fingerprint density at radius 1 is 1.22 bits per heavy atom. The van der Waals surface area contributed by atoms with Gasteiger partial charge in [0.25, 0.3) is 0 Å². The van der Waals surface area contributed by atoms with Crippen molar-refractivity contribution in [3.05, 3.63) is 0 Å². The molecule has 0 aromatic rings. The van der Waals surface area contributed by atoms with Crippen molar-refractivity contribution in [2.75, 3.05) is 4.43 Å². The first kappa shape index (κ1) is 16.7. The summed E-state index contributed by atoms with van der Waals surface area (Å²) in [4.78, 5) is 0. The summed E-state index contributed by atoms with van der Waals surface area (Å²) in [5, 5.41) is 0. The van der Waals surface area contributed by atoms with Crippen LogP contribution in [-0.2, 0) is 4.74 Å². The Kier molecular flexibility index (Phi) is 8.17. The molecule has 0 N–H and O–H groups in total. The van der Waals surface area contributed by atoms with Gasteiger partial charge in [-0.3, -0.25) is 0 Å². The number of alkyl halides is 1. The molecule has 1 rings (SSSR count). The van der Waals surface area contributed by atoms with E-state index in [2.05, 4.69) is 43.4 Å². The van der Waals surface area contributed by atoms with Gasteiger partial charge in [0.15, 0.2) is 0 Å². The van der Waals surface area contributed by atoms with Gasteiger partial charge in [0, 0.05) is 4.43 Å². The number of rotatable bonds is 8. The van der Waals surface area contributed by atoms with E-state index in [0.717, 1.165) is 10.3 Å². The highest BCUT2D eigenvalue weighted by molar-refractivity contribution is 14.1. The number of halogens is 1. The minimum absolute atomic E-state index is 0.206. The molecule has 1 unspecified atom stereocenters. The lowest BCUT2D eigenvalue weighted by Crippen LogP contribution is -2.41. The third-order valence-electron chi connectivity index (χ3n) is 4.34. The van der Waals surface area contributed by atoms with E-state index in [1.807, 2.05) is 0 Å². The van der Waals surface area contributed by atoms with Gasteiger partial charge in [0.1, 0.15) is 0 Å². The van der Waals surface area contributed by atoms with E-state index in [0.29, 0.717) is 6.10 Å². The van der Waals surface area contributed by atoms with Crippen LogP contribution < -0.4 is 0 Å². The van der Waals surface area contributed by atoms with Gasteiger partial charge in [-0.1, -0.05) is 62.1 Å². The monoisotopic (exact) mass is 366 g/mol. The first-order valence-corrected chi connectivity index (χ1v) is 9.38. The van der Waals surface area contributed by atoms with Crippen LogP contribution >= 0.6 is 22.6 Å². The lowest BCUT2D eigenvalue weighted by molar-refractivity contribution is -0.0982. The normalized spacial score (nSPS) is 30.3. The van der Waals surface area contributed by atoms with Gasteiger partial charge in [-0.15, -0.1) is 0 Å². The van der Waals surface area contributed by atoms with Crippen LogP contribution in [0.15, 0.2) is 0 Å². The molecule has 0 amide bonds. The van der Waals surface area contributed by atoms with Crippen molar-refractivity contribution in [2.45, 2.75) is 90.3 Å². The molecule has 1 nitrogen and oxygen atoms in total. The summed E-state index contributed by atoms with van der Waals surface area (Å²) in [6, 6.07) is 0. The molecule has 0 heterocycles. The quantitative estimate of drug-likeness (QED) is 0.302. The van der Waals surface area contributed by atoms with Crippen LogP contribution in [0.1, 0.15) is 78.6 Å². The van der Waals surface area contributed by atoms with Gasteiger partial charge in [-0.2, -0.15) is 0 Å². The zero-order valence-corrected chi connectivity index (χ0v) is 14.7. The summed E-state index contributed by atoms with van der Waals surface area (Å²) in [5.74, 6) is 0.907. The van der Waals surface area contributed by atoms with Crippen molar-refractivity contribution in [3.63, 3.8) is 0 Å². The van der Waals surface area contributed by atoms with Gasteiger partial charge in [-0.05, 0) is 44.9 Å². The zero-order chi connectivity index (χ0) is 13.4. The number of unbranched alkanes of at least 4 members (excludes halogenated alkanes) is 3. The van der Waals surface area contributed by atoms with E-state index >= 15 is 0 Å². The Bertz CT molecular complexity index is 209. The molecule has 0 aromatic heterocycles. The molecule has 1 saturated carbocycles. The molecule has 18 heavy (non-hydrogen) atoms. The molecule has 0 aromatic carbocycles. The van der Waals surface area contributed by atoms with Gasteiger partial charge in [0.05, 0.1) is 11.7 Å². The van der Waals surface area contributed by atoms with Crippen LogP contribution in [0, 0.1) is 5.92 Å². The number of ether oxygens (including phenoxy) is 1. The van der Waals surface area contributed by atoms with E-state index in [-0.39, 0.29) is 5.60 Å². The lowest BCUT2D eigenvalue weighted by Gasteiger charge is -2.40. The van der Waals surface area contributed by atoms with E-state index in [9.17, 15) is 0 Å². The largest absolute Gasteiger partial charge is 0.371 e. The maximum absolute atomic E-state index is 6.45. The topological polar surface area (TPSA) is 9.23 Å².